The third kappa shape index (κ3) is 3.88. The van der Waals surface area contributed by atoms with Gasteiger partial charge < -0.3 is 4.40 Å². The number of pyridine rings is 2. The van der Waals surface area contributed by atoms with Crippen LogP contribution in [0.5, 0.6) is 0 Å². The highest BCUT2D eigenvalue weighted by Gasteiger charge is 2.25. The summed E-state index contributed by atoms with van der Waals surface area (Å²) >= 11 is 0. The third-order valence-corrected chi connectivity index (χ3v) is 9.97. The Balaban J connectivity index is 1.52. The molecule has 232 valence electrons. The number of aromatic nitrogens is 3. The first-order valence-electron chi connectivity index (χ1n) is 16.6. The van der Waals surface area contributed by atoms with E-state index in [1.54, 1.807) is 0 Å². The zero-order valence-electron chi connectivity index (χ0n) is 27.3. The first-order chi connectivity index (χ1) is 23.3. The molecule has 5 nitrogen and oxygen atoms in total. The molecule has 0 N–H and O–H groups in total. The van der Waals surface area contributed by atoms with E-state index in [-0.39, 0.29) is 22.7 Å². The molecule has 0 saturated carbocycles. The van der Waals surface area contributed by atoms with Gasteiger partial charge in [-0.25, -0.2) is 4.98 Å². The molecule has 48 heavy (non-hydrogen) atoms. The Kier molecular flexibility index (Phi) is 6.12. The first-order valence-corrected chi connectivity index (χ1v) is 16.6. The SMILES string of the molecule is CC(C)c1cccc(C(C)C)c1-n1c(-c2cc3c(=O)c4ccccc4n4c5ccccc5c(=O)c(c2)c34)nc2ccc3ccccc3c21. The van der Waals surface area contributed by atoms with Gasteiger partial charge in [0.05, 0.1) is 33.3 Å². The average Bonchev–Trinajstić information content (AvgIpc) is 3.51. The molecule has 0 fully saturated rings. The van der Waals surface area contributed by atoms with E-state index in [2.05, 4.69) is 91.3 Å². The molecule has 3 heterocycles. The van der Waals surface area contributed by atoms with E-state index in [0.29, 0.717) is 32.9 Å². The van der Waals surface area contributed by atoms with Crippen LogP contribution in [-0.2, 0) is 0 Å². The van der Waals surface area contributed by atoms with E-state index in [1.165, 1.54) is 11.1 Å². The molecular weight excluding hydrogens is 590 g/mol. The fourth-order valence-corrected chi connectivity index (χ4v) is 7.75. The molecule has 3 aromatic heterocycles. The minimum absolute atomic E-state index is 0.0920. The molecule has 0 unspecified atom stereocenters. The summed E-state index contributed by atoms with van der Waals surface area (Å²) in [5.41, 5.74) is 8.18. The van der Waals surface area contributed by atoms with Crippen LogP contribution in [0.25, 0.3) is 77.0 Å². The summed E-state index contributed by atoms with van der Waals surface area (Å²) in [5.74, 6) is 1.20. The van der Waals surface area contributed by atoms with Gasteiger partial charge in [0.15, 0.2) is 10.9 Å². The molecule has 9 rings (SSSR count). The normalized spacial score (nSPS) is 12.3. The van der Waals surface area contributed by atoms with Gasteiger partial charge in [-0.15, -0.1) is 0 Å². The minimum Gasteiger partial charge on any atom is -0.308 e. The second kappa shape index (κ2) is 10.3. The summed E-state index contributed by atoms with van der Waals surface area (Å²) in [7, 11) is 0. The van der Waals surface area contributed by atoms with Crippen LogP contribution in [0.15, 0.2) is 125 Å². The molecule has 0 bridgehead atoms. The number of nitrogens with zero attached hydrogens (tertiary/aromatic N) is 3. The van der Waals surface area contributed by atoms with Gasteiger partial charge in [-0.2, -0.15) is 0 Å². The van der Waals surface area contributed by atoms with Crippen molar-refractivity contribution >= 4 is 59.9 Å². The van der Waals surface area contributed by atoms with Crippen molar-refractivity contribution in [3.8, 4) is 17.1 Å². The van der Waals surface area contributed by atoms with E-state index >= 15 is 0 Å². The number of hydrogen-bond acceptors (Lipinski definition) is 3. The molecule has 5 heteroatoms. The second-order valence-corrected chi connectivity index (χ2v) is 13.5. The van der Waals surface area contributed by atoms with Crippen LogP contribution in [0.3, 0.4) is 0 Å². The van der Waals surface area contributed by atoms with E-state index < -0.39 is 0 Å². The Bertz CT molecular complexity index is 2770. The highest BCUT2D eigenvalue weighted by Crippen LogP contribution is 2.40. The lowest BCUT2D eigenvalue weighted by Crippen LogP contribution is -2.14. The van der Waals surface area contributed by atoms with E-state index in [0.717, 1.165) is 44.1 Å². The summed E-state index contributed by atoms with van der Waals surface area (Å²) in [6.45, 7) is 8.90. The molecule has 6 aromatic carbocycles. The Hall–Kier alpha value is -5.81. The van der Waals surface area contributed by atoms with Gasteiger partial charge in [0.25, 0.3) is 0 Å². The number of benzene rings is 6. The number of imidazole rings is 1. The minimum atomic E-state index is -0.0920. The molecule has 0 amide bonds. The van der Waals surface area contributed by atoms with Crippen LogP contribution < -0.4 is 10.9 Å². The Morgan fingerprint density at radius 3 is 1.67 bits per heavy atom. The largest absolute Gasteiger partial charge is 0.308 e. The number of hydrogen-bond donors (Lipinski definition) is 0. The highest BCUT2D eigenvalue weighted by atomic mass is 16.1. The van der Waals surface area contributed by atoms with E-state index in [1.807, 2.05) is 60.7 Å². The van der Waals surface area contributed by atoms with Crippen LogP contribution in [0, 0.1) is 0 Å². The Morgan fingerprint density at radius 2 is 1.08 bits per heavy atom. The van der Waals surface area contributed by atoms with Crippen molar-refractivity contribution in [3.05, 3.63) is 147 Å². The molecule has 9 aromatic rings. The first kappa shape index (κ1) is 28.4. The maximum Gasteiger partial charge on any atom is 0.197 e. The standard InChI is InChI=1S/C43H33N3O2/c1-24(2)28-16-11-17-29(25(3)4)38(28)46-40-30-13-6-5-12-26(30)20-21-35(40)44-43(46)27-22-33-39-34(23-27)42(48)32-15-8-10-19-37(32)45(39)36-18-9-7-14-31(36)41(33)47/h5-25H,1-4H3. The maximum atomic E-state index is 14.4. The summed E-state index contributed by atoms with van der Waals surface area (Å²) in [4.78, 5) is 34.1. The highest BCUT2D eigenvalue weighted by molar-refractivity contribution is 6.11. The van der Waals surface area contributed by atoms with Crippen molar-refractivity contribution in [2.45, 2.75) is 39.5 Å². The monoisotopic (exact) mass is 623 g/mol. The van der Waals surface area contributed by atoms with Crippen molar-refractivity contribution in [1.82, 2.24) is 14.0 Å². The third-order valence-electron chi connectivity index (χ3n) is 9.97. The fraction of sp³-hybridized carbons (Fsp3) is 0.140. The van der Waals surface area contributed by atoms with Crippen LogP contribution in [0.2, 0.25) is 0 Å². The number of para-hydroxylation sites is 3. The van der Waals surface area contributed by atoms with Crippen LogP contribution in [0.4, 0.5) is 0 Å². The molecular formula is C43H33N3O2. The fourth-order valence-electron chi connectivity index (χ4n) is 7.75. The zero-order valence-corrected chi connectivity index (χ0v) is 27.3. The Morgan fingerprint density at radius 1 is 0.542 bits per heavy atom. The average molecular weight is 624 g/mol. The van der Waals surface area contributed by atoms with Gasteiger partial charge in [-0.1, -0.05) is 100 Å². The molecule has 0 aliphatic carbocycles. The predicted octanol–water partition coefficient (Wildman–Crippen LogP) is 9.96. The molecule has 0 spiro atoms. The lowest BCUT2D eigenvalue weighted by molar-refractivity contribution is 0.811. The van der Waals surface area contributed by atoms with Crippen LogP contribution >= 0.6 is 0 Å². The zero-order chi connectivity index (χ0) is 32.8. The summed E-state index contributed by atoms with van der Waals surface area (Å²) < 4.78 is 4.39. The lowest BCUT2D eigenvalue weighted by atomic mass is 9.92. The number of fused-ring (bicyclic) bond motifs is 7. The molecule has 0 saturated heterocycles. The smallest absolute Gasteiger partial charge is 0.197 e. The van der Waals surface area contributed by atoms with E-state index in [4.69, 9.17) is 4.98 Å². The number of rotatable bonds is 4. The van der Waals surface area contributed by atoms with Crippen molar-refractivity contribution in [3.63, 3.8) is 0 Å². The summed E-state index contributed by atoms with van der Waals surface area (Å²) in [6, 6.07) is 38.4. The van der Waals surface area contributed by atoms with Crippen molar-refractivity contribution in [1.29, 1.82) is 0 Å². The van der Waals surface area contributed by atoms with Crippen molar-refractivity contribution < 1.29 is 0 Å². The summed E-state index contributed by atoms with van der Waals surface area (Å²) in [6.07, 6.45) is 0. The second-order valence-electron chi connectivity index (χ2n) is 13.5. The van der Waals surface area contributed by atoms with Crippen LogP contribution in [0.1, 0.15) is 50.7 Å². The van der Waals surface area contributed by atoms with Gasteiger partial charge in [0.1, 0.15) is 5.82 Å². The van der Waals surface area contributed by atoms with Gasteiger partial charge in [0, 0.05) is 32.5 Å². The van der Waals surface area contributed by atoms with E-state index in [9.17, 15) is 9.59 Å². The van der Waals surface area contributed by atoms with Crippen molar-refractivity contribution in [2.75, 3.05) is 0 Å². The van der Waals surface area contributed by atoms with Crippen LogP contribution in [-0.4, -0.2) is 14.0 Å². The molecule has 0 aliphatic heterocycles. The molecule has 0 aliphatic rings. The topological polar surface area (TPSA) is 56.4 Å². The molecule has 0 radical (unpaired) electrons. The quantitative estimate of drug-likeness (QED) is 0.145. The van der Waals surface area contributed by atoms with Gasteiger partial charge in [0.2, 0.25) is 0 Å². The lowest BCUT2D eigenvalue weighted by Gasteiger charge is -2.23. The maximum absolute atomic E-state index is 14.4. The van der Waals surface area contributed by atoms with Gasteiger partial charge in [-0.05, 0) is 70.8 Å². The predicted molar refractivity (Wildman–Crippen MR) is 199 cm³/mol. The van der Waals surface area contributed by atoms with Gasteiger partial charge in [-0.3, -0.25) is 14.2 Å². The Labute approximate surface area is 276 Å². The van der Waals surface area contributed by atoms with Crippen molar-refractivity contribution in [2.24, 2.45) is 0 Å². The summed E-state index contributed by atoms with van der Waals surface area (Å²) in [5, 5.41) is 4.47. The molecule has 0 atom stereocenters. The van der Waals surface area contributed by atoms with Gasteiger partial charge >= 0.3 is 0 Å².